The van der Waals surface area contributed by atoms with Crippen LogP contribution in [-0.2, 0) is 27.2 Å². The summed E-state index contributed by atoms with van der Waals surface area (Å²) in [6, 6.07) is 14.2. The number of methoxy groups -OCH3 is 1. The first-order chi connectivity index (χ1) is 18.0. The van der Waals surface area contributed by atoms with Crippen molar-refractivity contribution >= 4 is 12.1 Å². The van der Waals surface area contributed by atoms with E-state index in [0.717, 1.165) is 27.8 Å². The van der Waals surface area contributed by atoms with E-state index in [-0.39, 0.29) is 18.9 Å². The van der Waals surface area contributed by atoms with Gasteiger partial charge in [0.05, 0.1) is 32.0 Å². The number of carbonyl (C=O) groups is 2. The van der Waals surface area contributed by atoms with E-state index in [1.54, 1.807) is 25.0 Å². The number of amides is 1. The van der Waals surface area contributed by atoms with Crippen LogP contribution in [0.4, 0.5) is 9.18 Å². The van der Waals surface area contributed by atoms with Crippen LogP contribution in [0.25, 0.3) is 22.4 Å². The number of aromatic nitrogens is 1. The fourth-order valence-corrected chi connectivity index (χ4v) is 3.99. The predicted molar refractivity (Wildman–Crippen MR) is 144 cm³/mol. The zero-order valence-electron chi connectivity index (χ0n) is 22.8. The normalized spacial score (nSPS) is 11.1. The van der Waals surface area contributed by atoms with Crippen LogP contribution in [-0.4, -0.2) is 47.8 Å². The van der Waals surface area contributed by atoms with E-state index < -0.39 is 17.5 Å². The Hall–Kier alpha value is -3.94. The number of carbonyl (C=O) groups excluding carboxylic acids is 2. The summed E-state index contributed by atoms with van der Waals surface area (Å²) in [4.78, 5) is 30.9. The van der Waals surface area contributed by atoms with E-state index in [0.29, 0.717) is 24.6 Å². The van der Waals surface area contributed by atoms with E-state index in [9.17, 15) is 14.0 Å². The van der Waals surface area contributed by atoms with Gasteiger partial charge in [0.1, 0.15) is 17.2 Å². The maximum Gasteiger partial charge on any atom is 0.410 e. The summed E-state index contributed by atoms with van der Waals surface area (Å²) in [6.45, 7) is 10.1. The number of hydrogen-bond acceptors (Lipinski definition) is 6. The van der Waals surface area contributed by atoms with Crippen LogP contribution in [0.15, 0.2) is 54.7 Å². The largest absolute Gasteiger partial charge is 0.496 e. The van der Waals surface area contributed by atoms with Crippen molar-refractivity contribution in [2.75, 3.05) is 20.3 Å². The highest BCUT2D eigenvalue weighted by Gasteiger charge is 2.23. The number of esters is 1. The number of pyridine rings is 1. The van der Waals surface area contributed by atoms with Crippen LogP contribution in [0.5, 0.6) is 5.75 Å². The molecule has 3 rings (SSSR count). The van der Waals surface area contributed by atoms with Crippen LogP contribution in [0.1, 0.15) is 45.7 Å². The van der Waals surface area contributed by atoms with Crippen molar-refractivity contribution in [3.05, 3.63) is 71.7 Å². The van der Waals surface area contributed by atoms with Crippen molar-refractivity contribution in [1.29, 1.82) is 0 Å². The Morgan fingerprint density at radius 1 is 1.00 bits per heavy atom. The molecule has 3 aromatic rings. The van der Waals surface area contributed by atoms with Gasteiger partial charge in [0, 0.05) is 24.2 Å². The van der Waals surface area contributed by atoms with Crippen LogP contribution >= 0.6 is 0 Å². The minimum Gasteiger partial charge on any atom is -0.496 e. The summed E-state index contributed by atoms with van der Waals surface area (Å²) >= 11 is 0. The number of benzene rings is 2. The summed E-state index contributed by atoms with van der Waals surface area (Å²) in [6.07, 6.45) is 0.861. The average molecular weight is 523 g/mol. The molecule has 7 nitrogen and oxygen atoms in total. The number of nitrogens with zero attached hydrogens (tertiary/aromatic N) is 2. The molecule has 1 aromatic heterocycles. The molecule has 2 aromatic carbocycles. The third-order valence-corrected chi connectivity index (χ3v) is 5.73. The molecule has 0 spiro atoms. The fourth-order valence-electron chi connectivity index (χ4n) is 3.99. The van der Waals surface area contributed by atoms with E-state index >= 15 is 0 Å². The summed E-state index contributed by atoms with van der Waals surface area (Å²) in [5, 5.41) is 0. The SMILES string of the molecule is CCOC(=O)Cc1ccc(OC)c(-c2ccc(-c3ccc(F)cn3)cc2CN(CC)C(=O)OC(C)(C)C)c1. The molecule has 0 unspecified atom stereocenters. The molecule has 1 heterocycles. The van der Waals surface area contributed by atoms with Crippen molar-refractivity contribution in [1.82, 2.24) is 9.88 Å². The Morgan fingerprint density at radius 2 is 1.76 bits per heavy atom. The Labute approximate surface area is 223 Å². The van der Waals surface area contributed by atoms with Gasteiger partial charge in [-0.05, 0) is 81.6 Å². The second kappa shape index (κ2) is 12.5. The summed E-state index contributed by atoms with van der Waals surface area (Å²) < 4.78 is 29.9. The molecular formula is C30H35FN2O5. The Balaban J connectivity index is 2.11. The quantitative estimate of drug-likeness (QED) is 0.302. The van der Waals surface area contributed by atoms with Gasteiger partial charge in [-0.15, -0.1) is 0 Å². The second-order valence-corrected chi connectivity index (χ2v) is 9.74. The minimum atomic E-state index is -0.641. The van der Waals surface area contributed by atoms with Gasteiger partial charge in [0.25, 0.3) is 0 Å². The van der Waals surface area contributed by atoms with Gasteiger partial charge in [-0.3, -0.25) is 9.78 Å². The monoisotopic (exact) mass is 522 g/mol. The molecule has 0 atom stereocenters. The van der Waals surface area contributed by atoms with Crippen LogP contribution in [0, 0.1) is 5.82 Å². The first-order valence-corrected chi connectivity index (χ1v) is 12.6. The fraction of sp³-hybridized carbons (Fsp3) is 0.367. The van der Waals surface area contributed by atoms with Gasteiger partial charge < -0.3 is 19.1 Å². The standard InChI is InChI=1S/C30H35FN2O5/c1-7-33(29(35)38-30(3,4)5)19-22-17-21(26-13-11-23(31)18-32-26)10-12-24(22)25-15-20(9-14-27(25)36-6)16-28(34)37-8-2/h9-15,17-18H,7-8,16,19H2,1-6H3. The van der Waals surface area contributed by atoms with E-state index in [1.807, 2.05) is 64.1 Å². The molecule has 0 bridgehead atoms. The summed E-state index contributed by atoms with van der Waals surface area (Å²) in [5.74, 6) is -0.119. The lowest BCUT2D eigenvalue weighted by molar-refractivity contribution is -0.142. The molecule has 8 heteroatoms. The molecular weight excluding hydrogens is 487 g/mol. The second-order valence-electron chi connectivity index (χ2n) is 9.74. The average Bonchev–Trinajstić information content (AvgIpc) is 2.86. The Morgan fingerprint density at radius 3 is 2.37 bits per heavy atom. The summed E-state index contributed by atoms with van der Waals surface area (Å²) in [5.41, 5.74) is 3.90. The highest BCUT2D eigenvalue weighted by Crippen LogP contribution is 2.36. The highest BCUT2D eigenvalue weighted by atomic mass is 19.1. The molecule has 202 valence electrons. The summed E-state index contributed by atoms with van der Waals surface area (Å²) in [7, 11) is 1.58. The van der Waals surface area contributed by atoms with Crippen LogP contribution in [0.2, 0.25) is 0 Å². The number of rotatable bonds is 9. The van der Waals surface area contributed by atoms with Gasteiger partial charge in [-0.25, -0.2) is 9.18 Å². The predicted octanol–water partition coefficient (Wildman–Crippen LogP) is 6.43. The molecule has 38 heavy (non-hydrogen) atoms. The van der Waals surface area contributed by atoms with E-state index in [4.69, 9.17) is 14.2 Å². The van der Waals surface area contributed by atoms with Gasteiger partial charge in [-0.2, -0.15) is 0 Å². The lowest BCUT2D eigenvalue weighted by atomic mass is 9.93. The van der Waals surface area contributed by atoms with Crippen molar-refractivity contribution in [2.24, 2.45) is 0 Å². The van der Waals surface area contributed by atoms with Crippen LogP contribution in [0.3, 0.4) is 0 Å². The van der Waals surface area contributed by atoms with Crippen molar-refractivity contribution in [3.8, 4) is 28.1 Å². The molecule has 0 N–H and O–H groups in total. The lowest BCUT2D eigenvalue weighted by Gasteiger charge is -2.27. The van der Waals surface area contributed by atoms with Gasteiger partial charge >= 0.3 is 12.1 Å². The number of hydrogen-bond donors (Lipinski definition) is 0. The molecule has 0 aliphatic heterocycles. The van der Waals surface area contributed by atoms with Crippen molar-refractivity contribution in [2.45, 2.75) is 53.2 Å². The van der Waals surface area contributed by atoms with Crippen molar-refractivity contribution < 1.29 is 28.2 Å². The maximum absolute atomic E-state index is 13.5. The Bertz CT molecular complexity index is 1270. The third kappa shape index (κ3) is 7.54. The minimum absolute atomic E-state index is 0.122. The molecule has 0 aliphatic carbocycles. The number of ether oxygens (including phenoxy) is 3. The van der Waals surface area contributed by atoms with E-state index in [1.165, 1.54) is 12.3 Å². The number of halogens is 1. The molecule has 0 radical (unpaired) electrons. The molecule has 0 saturated carbocycles. The first-order valence-electron chi connectivity index (χ1n) is 12.6. The van der Waals surface area contributed by atoms with Crippen molar-refractivity contribution in [3.63, 3.8) is 0 Å². The molecule has 0 saturated heterocycles. The molecule has 1 amide bonds. The third-order valence-electron chi connectivity index (χ3n) is 5.73. The Kier molecular flexibility index (Phi) is 9.45. The topological polar surface area (TPSA) is 78.0 Å². The first kappa shape index (κ1) is 28.6. The van der Waals surface area contributed by atoms with Gasteiger partial charge in [-0.1, -0.05) is 18.2 Å². The zero-order valence-corrected chi connectivity index (χ0v) is 22.8. The molecule has 0 fully saturated rings. The van der Waals surface area contributed by atoms with E-state index in [2.05, 4.69) is 4.98 Å². The van der Waals surface area contributed by atoms with Crippen LogP contribution < -0.4 is 4.74 Å². The smallest absolute Gasteiger partial charge is 0.410 e. The van der Waals surface area contributed by atoms with Gasteiger partial charge in [0.15, 0.2) is 0 Å². The molecule has 0 aliphatic rings. The highest BCUT2D eigenvalue weighted by molar-refractivity contribution is 5.79. The lowest BCUT2D eigenvalue weighted by Crippen LogP contribution is -2.36. The maximum atomic E-state index is 13.5. The van der Waals surface area contributed by atoms with Gasteiger partial charge in [0.2, 0.25) is 0 Å². The zero-order chi connectivity index (χ0) is 27.9.